The minimum atomic E-state index is -1.00. The monoisotopic (exact) mass is 482 g/mol. The number of aromatic hydroxyl groups is 1. The molecule has 1 unspecified atom stereocenters. The number of fused-ring (bicyclic) bond motifs is 1. The summed E-state index contributed by atoms with van der Waals surface area (Å²) in [5, 5.41) is 21.9. The lowest BCUT2D eigenvalue weighted by atomic mass is 9.95. The van der Waals surface area contributed by atoms with E-state index in [0.717, 1.165) is 5.52 Å². The maximum absolute atomic E-state index is 13.4. The van der Waals surface area contributed by atoms with Gasteiger partial charge in [-0.3, -0.25) is 14.5 Å². The van der Waals surface area contributed by atoms with E-state index in [9.17, 15) is 24.6 Å². The fourth-order valence-electron chi connectivity index (χ4n) is 4.48. The van der Waals surface area contributed by atoms with Crippen LogP contribution in [0.3, 0.4) is 0 Å². The molecule has 0 bridgehead atoms. The van der Waals surface area contributed by atoms with E-state index < -0.39 is 23.7 Å². The number of hydrogen-bond acceptors (Lipinski definition) is 6. The highest BCUT2D eigenvalue weighted by Gasteiger charge is 2.47. The molecule has 1 atom stereocenters. The summed E-state index contributed by atoms with van der Waals surface area (Å²) in [5.41, 5.74) is 2.05. The van der Waals surface area contributed by atoms with E-state index in [2.05, 4.69) is 4.98 Å². The zero-order valence-electron chi connectivity index (χ0n) is 19.3. The summed E-state index contributed by atoms with van der Waals surface area (Å²) in [6.07, 6.45) is 1.59. The first kappa shape index (κ1) is 22.9. The summed E-state index contributed by atoms with van der Waals surface area (Å²) in [6.45, 7) is 1.88. The van der Waals surface area contributed by atoms with Crippen LogP contribution in [0, 0.1) is 0 Å². The summed E-state index contributed by atoms with van der Waals surface area (Å²) in [5.74, 6) is -2.59. The van der Waals surface area contributed by atoms with E-state index in [1.807, 2.05) is 18.2 Å². The van der Waals surface area contributed by atoms with Gasteiger partial charge in [0.15, 0.2) is 0 Å². The molecule has 0 radical (unpaired) electrons. The number of benzene rings is 3. The Balaban J connectivity index is 1.71. The first-order chi connectivity index (χ1) is 17.4. The number of anilines is 1. The number of nitrogens with zero attached hydrogens (tertiary/aromatic N) is 1. The number of amides is 1. The highest BCUT2D eigenvalue weighted by Crippen LogP contribution is 2.43. The highest BCUT2D eigenvalue weighted by atomic mass is 16.5. The van der Waals surface area contributed by atoms with Crippen LogP contribution in [0.4, 0.5) is 5.69 Å². The number of ketones is 1. The van der Waals surface area contributed by atoms with Crippen molar-refractivity contribution in [2.45, 2.75) is 13.0 Å². The number of Topliss-reactive ketones (excluding diaryl/α,β-unsaturated/α-hetero) is 1. The molecule has 180 valence electrons. The van der Waals surface area contributed by atoms with Crippen LogP contribution in [0.5, 0.6) is 5.75 Å². The van der Waals surface area contributed by atoms with Crippen LogP contribution in [-0.4, -0.2) is 39.5 Å². The third kappa shape index (κ3) is 3.78. The van der Waals surface area contributed by atoms with Crippen molar-refractivity contribution in [1.29, 1.82) is 0 Å². The normalized spacial score (nSPS) is 17.0. The molecule has 8 heteroatoms. The van der Waals surface area contributed by atoms with Crippen LogP contribution in [-0.2, 0) is 14.3 Å². The Morgan fingerprint density at radius 2 is 1.78 bits per heavy atom. The van der Waals surface area contributed by atoms with Gasteiger partial charge in [-0.15, -0.1) is 0 Å². The molecule has 5 rings (SSSR count). The number of nitrogens with one attached hydrogen (secondary N) is 1. The number of hydrogen-bond donors (Lipinski definition) is 3. The summed E-state index contributed by atoms with van der Waals surface area (Å²) >= 11 is 0. The molecular formula is C28H22N2O6. The molecule has 1 aliphatic heterocycles. The number of aromatic amines is 1. The molecule has 1 fully saturated rings. The Hall–Kier alpha value is -4.85. The van der Waals surface area contributed by atoms with Gasteiger partial charge < -0.3 is 19.9 Å². The van der Waals surface area contributed by atoms with Crippen LogP contribution in [0.15, 0.2) is 84.6 Å². The molecule has 4 aromatic rings. The lowest BCUT2D eigenvalue weighted by Crippen LogP contribution is -2.29. The van der Waals surface area contributed by atoms with Gasteiger partial charge in [-0.25, -0.2) is 4.79 Å². The number of phenols is 1. The second-order valence-electron chi connectivity index (χ2n) is 8.28. The lowest BCUT2D eigenvalue weighted by molar-refractivity contribution is -0.132. The van der Waals surface area contributed by atoms with Crippen molar-refractivity contribution in [1.82, 2.24) is 4.98 Å². The molecule has 2 heterocycles. The summed E-state index contributed by atoms with van der Waals surface area (Å²) in [6, 6.07) is 18.6. The van der Waals surface area contributed by atoms with Crippen molar-refractivity contribution in [3.63, 3.8) is 0 Å². The van der Waals surface area contributed by atoms with Crippen LogP contribution >= 0.6 is 0 Å². The molecule has 8 nitrogen and oxygen atoms in total. The summed E-state index contributed by atoms with van der Waals surface area (Å²) < 4.78 is 5.08. The van der Waals surface area contributed by atoms with E-state index in [1.165, 1.54) is 23.1 Å². The van der Waals surface area contributed by atoms with Gasteiger partial charge in [-0.05, 0) is 48.9 Å². The van der Waals surface area contributed by atoms with Gasteiger partial charge in [0.05, 0.1) is 23.8 Å². The SMILES string of the molecule is CCOC(=O)c1cccc(N2C(=O)C(=O)/C(=C(\O)c3c[nH]c4ccccc34)C2c2ccc(O)cc2)c1. The Morgan fingerprint density at radius 3 is 2.53 bits per heavy atom. The molecule has 3 aromatic carbocycles. The molecule has 0 aliphatic carbocycles. The third-order valence-corrected chi connectivity index (χ3v) is 6.13. The topological polar surface area (TPSA) is 120 Å². The number of carbonyl (C=O) groups excluding carboxylic acids is 3. The minimum absolute atomic E-state index is 0.0108. The first-order valence-electron chi connectivity index (χ1n) is 11.3. The van der Waals surface area contributed by atoms with Crippen molar-refractivity contribution < 1.29 is 29.3 Å². The molecule has 36 heavy (non-hydrogen) atoms. The molecule has 0 spiro atoms. The number of H-pyrrole nitrogens is 1. The molecule has 1 amide bonds. The van der Waals surface area contributed by atoms with Gasteiger partial charge in [-0.2, -0.15) is 0 Å². The number of carbonyl (C=O) groups is 3. The second kappa shape index (κ2) is 9.07. The van der Waals surface area contributed by atoms with E-state index in [1.54, 1.807) is 49.5 Å². The average Bonchev–Trinajstić information content (AvgIpc) is 3.43. The van der Waals surface area contributed by atoms with E-state index >= 15 is 0 Å². The fraction of sp³-hybridized carbons (Fsp3) is 0.107. The number of rotatable bonds is 5. The number of esters is 1. The number of aromatic nitrogens is 1. The Morgan fingerprint density at radius 1 is 1.03 bits per heavy atom. The average molecular weight is 482 g/mol. The van der Waals surface area contributed by atoms with Gasteiger partial charge >= 0.3 is 5.97 Å². The second-order valence-corrected chi connectivity index (χ2v) is 8.28. The molecule has 1 aliphatic rings. The predicted molar refractivity (Wildman–Crippen MR) is 134 cm³/mol. The minimum Gasteiger partial charge on any atom is -0.508 e. The molecule has 1 saturated heterocycles. The van der Waals surface area contributed by atoms with E-state index in [4.69, 9.17) is 4.74 Å². The van der Waals surface area contributed by atoms with E-state index in [0.29, 0.717) is 22.2 Å². The molecular weight excluding hydrogens is 460 g/mol. The molecule has 0 saturated carbocycles. The Labute approximate surface area is 206 Å². The number of phenolic OH excluding ortho intramolecular Hbond substituents is 1. The van der Waals surface area contributed by atoms with Gasteiger partial charge in [0.1, 0.15) is 11.5 Å². The molecule has 3 N–H and O–H groups in total. The zero-order chi connectivity index (χ0) is 25.4. The predicted octanol–water partition coefficient (Wildman–Crippen LogP) is 4.68. The van der Waals surface area contributed by atoms with Crippen molar-refractivity contribution >= 4 is 40.0 Å². The smallest absolute Gasteiger partial charge is 0.338 e. The lowest BCUT2D eigenvalue weighted by Gasteiger charge is -2.25. The molecule has 1 aromatic heterocycles. The Bertz CT molecular complexity index is 1530. The van der Waals surface area contributed by atoms with E-state index in [-0.39, 0.29) is 29.3 Å². The first-order valence-corrected chi connectivity index (χ1v) is 11.3. The number of para-hydroxylation sites is 1. The number of aliphatic hydroxyl groups is 1. The number of ether oxygens (including phenoxy) is 1. The van der Waals surface area contributed by atoms with Crippen molar-refractivity contribution in [3.05, 3.63) is 101 Å². The summed E-state index contributed by atoms with van der Waals surface area (Å²) in [7, 11) is 0. The third-order valence-electron chi connectivity index (χ3n) is 6.13. The van der Waals surface area contributed by atoms with Crippen LogP contribution in [0.25, 0.3) is 16.7 Å². The van der Waals surface area contributed by atoms with Gasteiger partial charge in [-0.1, -0.05) is 36.4 Å². The quantitative estimate of drug-likeness (QED) is 0.164. The maximum Gasteiger partial charge on any atom is 0.338 e. The Kier molecular flexibility index (Phi) is 5.77. The standard InChI is InChI=1S/C28H22N2O6/c1-2-36-28(35)17-6-5-7-18(14-17)30-24(16-10-12-19(31)13-11-16)23(26(33)27(30)34)25(32)21-15-29-22-9-4-3-8-20(21)22/h3-15,24,29,31-32H,2H2,1H3/b25-23-. The maximum atomic E-state index is 13.4. The van der Waals surface area contributed by atoms with Crippen LogP contribution in [0.1, 0.15) is 34.5 Å². The summed E-state index contributed by atoms with van der Waals surface area (Å²) in [4.78, 5) is 43.4. The van der Waals surface area contributed by atoms with Crippen LogP contribution in [0.2, 0.25) is 0 Å². The van der Waals surface area contributed by atoms with Gasteiger partial charge in [0.2, 0.25) is 0 Å². The van der Waals surface area contributed by atoms with Gasteiger partial charge in [0.25, 0.3) is 11.7 Å². The fourth-order valence-corrected chi connectivity index (χ4v) is 4.48. The largest absolute Gasteiger partial charge is 0.508 e. The van der Waals surface area contributed by atoms with Crippen molar-refractivity contribution in [2.75, 3.05) is 11.5 Å². The number of aliphatic hydroxyl groups excluding tert-OH is 1. The van der Waals surface area contributed by atoms with Crippen LogP contribution < -0.4 is 4.90 Å². The van der Waals surface area contributed by atoms with Gasteiger partial charge in [0, 0.05) is 28.4 Å². The van der Waals surface area contributed by atoms with Crippen molar-refractivity contribution in [2.24, 2.45) is 0 Å². The van der Waals surface area contributed by atoms with Crippen molar-refractivity contribution in [3.8, 4) is 5.75 Å². The zero-order valence-corrected chi connectivity index (χ0v) is 19.3. The highest BCUT2D eigenvalue weighted by molar-refractivity contribution is 6.51.